The summed E-state index contributed by atoms with van der Waals surface area (Å²) in [5, 5.41) is 6.65. The van der Waals surface area contributed by atoms with E-state index in [0.29, 0.717) is 28.6 Å². The molecule has 0 aliphatic carbocycles. The summed E-state index contributed by atoms with van der Waals surface area (Å²) < 4.78 is 5.65. The highest BCUT2D eigenvalue weighted by atomic mass is 35.5. The van der Waals surface area contributed by atoms with Crippen LogP contribution in [0.5, 0.6) is 5.75 Å². The van der Waals surface area contributed by atoms with Gasteiger partial charge in [-0.15, -0.1) is 0 Å². The van der Waals surface area contributed by atoms with Crippen molar-refractivity contribution in [3.05, 3.63) is 57.6 Å². The Morgan fingerprint density at radius 1 is 1.15 bits per heavy atom. The second-order valence-electron chi connectivity index (χ2n) is 6.53. The summed E-state index contributed by atoms with van der Waals surface area (Å²) in [6.07, 6.45) is 0.455. The number of anilines is 1. The molecule has 142 valence electrons. The maximum atomic E-state index is 12.5. The first-order chi connectivity index (χ1) is 12.8. The van der Waals surface area contributed by atoms with Gasteiger partial charge in [0, 0.05) is 17.1 Å². The minimum atomic E-state index is -0.719. The second-order valence-corrected chi connectivity index (χ2v) is 7.37. The summed E-state index contributed by atoms with van der Waals surface area (Å²) in [5.74, 6) is 0.184. The first kappa shape index (κ1) is 19.5. The van der Waals surface area contributed by atoms with E-state index < -0.39 is 6.10 Å². The van der Waals surface area contributed by atoms with Gasteiger partial charge in [-0.05, 0) is 55.7 Å². The summed E-state index contributed by atoms with van der Waals surface area (Å²) in [4.78, 5) is 23.9. The van der Waals surface area contributed by atoms with Gasteiger partial charge in [0.1, 0.15) is 5.75 Å². The molecule has 2 amide bonds. The minimum absolute atomic E-state index is 0.0310. The van der Waals surface area contributed by atoms with Crippen LogP contribution in [-0.4, -0.2) is 17.9 Å². The van der Waals surface area contributed by atoms with Crippen LogP contribution in [0.25, 0.3) is 0 Å². The van der Waals surface area contributed by atoms with Gasteiger partial charge >= 0.3 is 0 Å². The molecule has 0 saturated heterocycles. The summed E-state index contributed by atoms with van der Waals surface area (Å²) in [6.45, 7) is 3.57. The van der Waals surface area contributed by atoms with E-state index in [-0.39, 0.29) is 17.9 Å². The number of carbonyl (C=O) groups is 2. The van der Waals surface area contributed by atoms with E-state index in [9.17, 15) is 9.59 Å². The number of amides is 2. The molecule has 2 atom stereocenters. The average molecular weight is 407 g/mol. The third-order valence-electron chi connectivity index (χ3n) is 4.45. The fourth-order valence-electron chi connectivity index (χ4n) is 2.90. The number of ether oxygens (including phenoxy) is 1. The summed E-state index contributed by atoms with van der Waals surface area (Å²) in [6, 6.07) is 10.4. The Morgan fingerprint density at radius 3 is 2.67 bits per heavy atom. The molecule has 0 spiro atoms. The largest absolute Gasteiger partial charge is 0.479 e. The van der Waals surface area contributed by atoms with Gasteiger partial charge in [0.2, 0.25) is 5.91 Å². The lowest BCUT2D eigenvalue weighted by molar-refractivity contribution is -0.128. The Labute approximate surface area is 168 Å². The summed E-state index contributed by atoms with van der Waals surface area (Å²) >= 11 is 12.0. The monoisotopic (exact) mass is 406 g/mol. The van der Waals surface area contributed by atoms with Crippen LogP contribution in [0.15, 0.2) is 36.4 Å². The number of hydrogen-bond acceptors (Lipinski definition) is 3. The molecule has 0 saturated carbocycles. The van der Waals surface area contributed by atoms with E-state index in [2.05, 4.69) is 10.6 Å². The van der Waals surface area contributed by atoms with E-state index in [0.717, 1.165) is 16.8 Å². The van der Waals surface area contributed by atoms with Gasteiger partial charge in [0.15, 0.2) is 6.10 Å². The molecule has 0 fully saturated rings. The van der Waals surface area contributed by atoms with Crippen LogP contribution in [0.2, 0.25) is 10.0 Å². The zero-order chi connectivity index (χ0) is 19.6. The molecule has 1 heterocycles. The lowest BCUT2D eigenvalue weighted by atomic mass is 9.97. The van der Waals surface area contributed by atoms with Crippen molar-refractivity contribution >= 4 is 40.7 Å². The zero-order valence-electron chi connectivity index (χ0n) is 15.0. The normalized spacial score (nSPS) is 15.3. The van der Waals surface area contributed by atoms with E-state index in [1.165, 1.54) is 0 Å². The van der Waals surface area contributed by atoms with Crippen molar-refractivity contribution in [3.63, 3.8) is 0 Å². The first-order valence-electron chi connectivity index (χ1n) is 8.68. The molecule has 2 N–H and O–H groups in total. The topological polar surface area (TPSA) is 67.4 Å². The molecule has 2 aromatic carbocycles. The molecular formula is C20H20Cl2N2O3. The fraction of sp³-hybridized carbons (Fsp3) is 0.300. The number of fused-ring (bicyclic) bond motifs is 1. The van der Waals surface area contributed by atoms with E-state index in [4.69, 9.17) is 27.9 Å². The highest BCUT2D eigenvalue weighted by Crippen LogP contribution is 2.29. The maximum Gasteiger partial charge on any atom is 0.261 e. The molecular weight excluding hydrogens is 387 g/mol. The molecule has 0 bridgehead atoms. The van der Waals surface area contributed by atoms with Gasteiger partial charge in [-0.25, -0.2) is 0 Å². The van der Waals surface area contributed by atoms with Crippen LogP contribution in [0.1, 0.15) is 37.4 Å². The van der Waals surface area contributed by atoms with Crippen LogP contribution in [0, 0.1) is 0 Å². The second kappa shape index (κ2) is 8.19. The van der Waals surface area contributed by atoms with E-state index >= 15 is 0 Å². The van der Waals surface area contributed by atoms with Crippen molar-refractivity contribution in [1.29, 1.82) is 0 Å². The number of hydrogen-bond donors (Lipinski definition) is 2. The smallest absolute Gasteiger partial charge is 0.261 e. The Balaban J connectivity index is 1.64. The molecule has 0 aromatic heterocycles. The van der Waals surface area contributed by atoms with E-state index in [1.54, 1.807) is 25.1 Å². The van der Waals surface area contributed by atoms with E-state index in [1.807, 2.05) is 25.1 Å². The predicted molar refractivity (Wildman–Crippen MR) is 107 cm³/mol. The fourth-order valence-corrected chi connectivity index (χ4v) is 3.35. The number of aryl methyl sites for hydroxylation is 1. The highest BCUT2D eigenvalue weighted by Gasteiger charge is 2.21. The molecule has 1 aliphatic rings. The van der Waals surface area contributed by atoms with Gasteiger partial charge in [-0.1, -0.05) is 35.3 Å². The molecule has 7 heteroatoms. The van der Waals surface area contributed by atoms with Crippen molar-refractivity contribution < 1.29 is 14.3 Å². The zero-order valence-corrected chi connectivity index (χ0v) is 16.5. The maximum absolute atomic E-state index is 12.5. The van der Waals surface area contributed by atoms with Crippen molar-refractivity contribution in [3.8, 4) is 5.75 Å². The van der Waals surface area contributed by atoms with Gasteiger partial charge in [-0.2, -0.15) is 0 Å². The minimum Gasteiger partial charge on any atom is -0.479 e. The van der Waals surface area contributed by atoms with Crippen LogP contribution in [0.4, 0.5) is 5.69 Å². The Bertz CT molecular complexity index is 886. The third kappa shape index (κ3) is 4.73. The van der Waals surface area contributed by atoms with Gasteiger partial charge in [0.25, 0.3) is 5.91 Å². The first-order valence-corrected chi connectivity index (χ1v) is 9.44. The predicted octanol–water partition coefficient (Wildman–Crippen LogP) is 4.52. The summed E-state index contributed by atoms with van der Waals surface area (Å²) in [5.41, 5.74) is 2.88. The molecule has 2 aromatic rings. The van der Waals surface area contributed by atoms with Crippen LogP contribution < -0.4 is 15.4 Å². The van der Waals surface area contributed by atoms with Crippen molar-refractivity contribution in [1.82, 2.24) is 5.32 Å². The van der Waals surface area contributed by atoms with Gasteiger partial charge in [-0.3, -0.25) is 9.59 Å². The number of benzene rings is 2. The molecule has 1 aliphatic heterocycles. The molecule has 2 unspecified atom stereocenters. The molecule has 27 heavy (non-hydrogen) atoms. The average Bonchev–Trinajstić information content (AvgIpc) is 2.63. The summed E-state index contributed by atoms with van der Waals surface area (Å²) in [7, 11) is 0. The number of rotatable bonds is 5. The quantitative estimate of drug-likeness (QED) is 0.766. The Hall–Kier alpha value is -2.24. The molecule has 0 radical (unpaired) electrons. The molecule has 5 nitrogen and oxygen atoms in total. The van der Waals surface area contributed by atoms with Crippen molar-refractivity contribution in [2.75, 3.05) is 5.32 Å². The lowest BCUT2D eigenvalue weighted by Gasteiger charge is -2.22. The lowest BCUT2D eigenvalue weighted by Crippen LogP contribution is -2.37. The Morgan fingerprint density at radius 2 is 1.93 bits per heavy atom. The van der Waals surface area contributed by atoms with Crippen LogP contribution >= 0.6 is 23.2 Å². The van der Waals surface area contributed by atoms with Crippen LogP contribution in [0.3, 0.4) is 0 Å². The van der Waals surface area contributed by atoms with Gasteiger partial charge < -0.3 is 15.4 Å². The Kier molecular flexibility index (Phi) is 5.92. The van der Waals surface area contributed by atoms with Gasteiger partial charge in [0.05, 0.1) is 11.1 Å². The standard InChI is InChI=1S/C20H20Cl2N2O3/c1-11(13-3-6-17-14(9-13)4-8-19(25)24-17)23-20(26)12(2)27-18-7-5-15(21)10-16(18)22/h3,5-7,9-12H,4,8H2,1-2H3,(H,23,26)(H,24,25). The number of halogens is 2. The number of carbonyl (C=O) groups excluding carboxylic acids is 2. The highest BCUT2D eigenvalue weighted by molar-refractivity contribution is 6.35. The van der Waals surface area contributed by atoms with Crippen molar-refractivity contribution in [2.45, 2.75) is 38.8 Å². The third-order valence-corrected chi connectivity index (χ3v) is 4.98. The van der Waals surface area contributed by atoms with Crippen LogP contribution in [-0.2, 0) is 16.0 Å². The molecule has 3 rings (SSSR count). The SMILES string of the molecule is CC(Oc1ccc(Cl)cc1Cl)C(=O)NC(C)c1ccc2c(c1)CCC(=O)N2. The van der Waals surface area contributed by atoms with Crippen molar-refractivity contribution in [2.24, 2.45) is 0 Å². The number of nitrogens with one attached hydrogen (secondary N) is 2.